The maximum Gasteiger partial charge on any atom is 0.223 e. The number of nitrogens with zero attached hydrogens (tertiary/aromatic N) is 1. The molecule has 0 spiro atoms. The molecule has 0 radical (unpaired) electrons. The fourth-order valence-corrected chi connectivity index (χ4v) is 3.76. The molecule has 1 aliphatic heterocycles. The van der Waals surface area contributed by atoms with E-state index >= 15 is 0 Å². The fraction of sp³-hybridized carbons (Fsp3) is 0.435. The van der Waals surface area contributed by atoms with E-state index in [2.05, 4.69) is 10.2 Å². The van der Waals surface area contributed by atoms with Crippen molar-refractivity contribution >= 4 is 17.5 Å². The minimum atomic E-state index is -0.286. The Kier molecular flexibility index (Phi) is 7.94. The molecule has 1 aliphatic rings. The van der Waals surface area contributed by atoms with E-state index in [1.165, 1.54) is 6.07 Å². The molecule has 0 aliphatic carbocycles. The summed E-state index contributed by atoms with van der Waals surface area (Å²) in [6, 6.07) is 12.1. The zero-order valence-electron chi connectivity index (χ0n) is 17.4. The lowest BCUT2D eigenvalue weighted by Gasteiger charge is -2.32. The van der Waals surface area contributed by atoms with E-state index < -0.39 is 0 Å². The lowest BCUT2D eigenvalue weighted by atomic mass is 9.95. The van der Waals surface area contributed by atoms with Crippen molar-refractivity contribution in [2.75, 3.05) is 26.8 Å². The van der Waals surface area contributed by atoms with Gasteiger partial charge in [0.2, 0.25) is 5.91 Å². The van der Waals surface area contributed by atoms with Crippen LogP contribution >= 0.6 is 11.6 Å². The van der Waals surface area contributed by atoms with Gasteiger partial charge in [-0.25, -0.2) is 4.39 Å². The van der Waals surface area contributed by atoms with E-state index in [-0.39, 0.29) is 23.7 Å². The van der Waals surface area contributed by atoms with Crippen LogP contribution in [-0.2, 0) is 11.3 Å². The lowest BCUT2D eigenvalue weighted by molar-refractivity contribution is -0.127. The molecule has 5 nitrogen and oxygen atoms in total. The van der Waals surface area contributed by atoms with E-state index in [0.717, 1.165) is 25.9 Å². The minimum absolute atomic E-state index is 0.0370. The van der Waals surface area contributed by atoms with E-state index in [0.29, 0.717) is 35.2 Å². The molecule has 1 N–H and O–H groups in total. The first-order chi connectivity index (χ1) is 14.5. The van der Waals surface area contributed by atoms with Crippen LogP contribution in [-0.4, -0.2) is 43.7 Å². The maximum absolute atomic E-state index is 14.0. The van der Waals surface area contributed by atoms with Gasteiger partial charge in [0.15, 0.2) is 11.5 Å². The van der Waals surface area contributed by atoms with Crippen LogP contribution in [0.15, 0.2) is 42.5 Å². The third-order valence-electron chi connectivity index (χ3n) is 5.31. The maximum atomic E-state index is 14.0. The SMILES string of the molecule is COc1ccccc1OCC(C)NC(=O)C1CCN(Cc2ccc(Cl)cc2F)CC1. The quantitative estimate of drug-likeness (QED) is 0.673. The first-order valence-electron chi connectivity index (χ1n) is 10.2. The summed E-state index contributed by atoms with van der Waals surface area (Å²) in [7, 11) is 1.60. The molecule has 1 fully saturated rings. The smallest absolute Gasteiger partial charge is 0.223 e. The number of likely N-dealkylation sites (tertiary alicyclic amines) is 1. The Bertz CT molecular complexity index is 856. The Balaban J connectivity index is 1.42. The largest absolute Gasteiger partial charge is 0.493 e. The van der Waals surface area contributed by atoms with E-state index in [4.69, 9.17) is 21.1 Å². The number of nitrogens with one attached hydrogen (secondary N) is 1. The molecule has 2 aromatic carbocycles. The Morgan fingerprint density at radius 3 is 2.60 bits per heavy atom. The van der Waals surface area contributed by atoms with Crippen molar-refractivity contribution in [1.82, 2.24) is 10.2 Å². The molecule has 7 heteroatoms. The third kappa shape index (κ3) is 6.09. The number of carbonyl (C=O) groups excluding carboxylic acids is 1. The number of para-hydroxylation sites is 2. The Labute approximate surface area is 182 Å². The molecule has 0 aromatic heterocycles. The van der Waals surface area contributed by atoms with Crippen molar-refractivity contribution in [3.05, 3.63) is 58.9 Å². The zero-order chi connectivity index (χ0) is 21.5. The van der Waals surface area contributed by atoms with Crippen LogP contribution in [0.25, 0.3) is 0 Å². The summed E-state index contributed by atoms with van der Waals surface area (Å²) >= 11 is 5.81. The molecular formula is C23H28ClFN2O3. The molecule has 3 rings (SSSR count). The number of halogens is 2. The molecule has 2 aromatic rings. The van der Waals surface area contributed by atoms with Crippen LogP contribution in [0.4, 0.5) is 4.39 Å². The van der Waals surface area contributed by atoms with Crippen molar-refractivity contribution in [2.24, 2.45) is 5.92 Å². The number of hydrogen-bond donors (Lipinski definition) is 1. The first-order valence-corrected chi connectivity index (χ1v) is 10.6. The average molecular weight is 435 g/mol. The summed E-state index contributed by atoms with van der Waals surface area (Å²) in [4.78, 5) is 14.8. The van der Waals surface area contributed by atoms with Crippen LogP contribution in [0, 0.1) is 11.7 Å². The standard InChI is InChI=1S/C23H28ClFN2O3/c1-16(15-30-22-6-4-3-5-21(22)29-2)26-23(28)17-9-11-27(12-10-17)14-18-7-8-19(24)13-20(18)25/h3-8,13,16-17H,9-12,14-15H2,1-2H3,(H,26,28). The molecule has 1 atom stereocenters. The Hall–Kier alpha value is -2.31. The number of methoxy groups -OCH3 is 1. The summed E-state index contributed by atoms with van der Waals surface area (Å²) in [5.74, 6) is 1.05. The van der Waals surface area contributed by atoms with Gasteiger partial charge in [0.25, 0.3) is 0 Å². The summed E-state index contributed by atoms with van der Waals surface area (Å²) in [6.45, 7) is 4.32. The van der Waals surface area contributed by atoms with E-state index in [1.807, 2.05) is 31.2 Å². The number of hydrogen-bond acceptors (Lipinski definition) is 4. The summed E-state index contributed by atoms with van der Waals surface area (Å²) < 4.78 is 25.1. The van der Waals surface area contributed by atoms with Crippen molar-refractivity contribution < 1.29 is 18.7 Å². The highest BCUT2D eigenvalue weighted by Crippen LogP contribution is 2.26. The van der Waals surface area contributed by atoms with Gasteiger partial charge < -0.3 is 14.8 Å². The van der Waals surface area contributed by atoms with E-state index in [1.54, 1.807) is 19.2 Å². The molecule has 1 heterocycles. The molecule has 1 amide bonds. The predicted molar refractivity (Wildman–Crippen MR) is 116 cm³/mol. The highest BCUT2D eigenvalue weighted by Gasteiger charge is 2.26. The summed E-state index contributed by atoms with van der Waals surface area (Å²) in [5, 5.41) is 3.44. The van der Waals surface area contributed by atoms with Crippen molar-refractivity contribution in [2.45, 2.75) is 32.4 Å². The second-order valence-electron chi connectivity index (χ2n) is 7.66. The number of amides is 1. The lowest BCUT2D eigenvalue weighted by Crippen LogP contribution is -2.44. The fourth-order valence-electron chi connectivity index (χ4n) is 3.60. The van der Waals surface area contributed by atoms with E-state index in [9.17, 15) is 9.18 Å². The number of piperidine rings is 1. The number of ether oxygens (including phenoxy) is 2. The molecule has 30 heavy (non-hydrogen) atoms. The van der Waals surface area contributed by atoms with Gasteiger partial charge in [-0.2, -0.15) is 0 Å². The van der Waals surface area contributed by atoms with Crippen LogP contribution in [0.3, 0.4) is 0 Å². The number of carbonyl (C=O) groups is 1. The molecule has 1 unspecified atom stereocenters. The highest BCUT2D eigenvalue weighted by molar-refractivity contribution is 6.30. The van der Waals surface area contributed by atoms with Gasteiger partial charge in [-0.3, -0.25) is 9.69 Å². The summed E-state index contributed by atoms with van der Waals surface area (Å²) in [6.07, 6.45) is 1.50. The molecule has 1 saturated heterocycles. The molecule has 162 valence electrons. The van der Waals surface area contributed by atoms with Gasteiger partial charge in [-0.1, -0.05) is 29.8 Å². The molecule has 0 bridgehead atoms. The normalized spacial score (nSPS) is 16.1. The Morgan fingerprint density at radius 1 is 1.23 bits per heavy atom. The topological polar surface area (TPSA) is 50.8 Å². The number of benzene rings is 2. The van der Waals surface area contributed by atoms with Crippen LogP contribution in [0.1, 0.15) is 25.3 Å². The van der Waals surface area contributed by atoms with Crippen LogP contribution in [0.5, 0.6) is 11.5 Å². The van der Waals surface area contributed by atoms with Crippen molar-refractivity contribution in [3.8, 4) is 11.5 Å². The minimum Gasteiger partial charge on any atom is -0.493 e. The third-order valence-corrected chi connectivity index (χ3v) is 5.55. The molecule has 0 saturated carbocycles. The van der Waals surface area contributed by atoms with Gasteiger partial charge in [0.05, 0.1) is 13.2 Å². The second-order valence-corrected chi connectivity index (χ2v) is 8.09. The monoisotopic (exact) mass is 434 g/mol. The first kappa shape index (κ1) is 22.4. The van der Waals surface area contributed by atoms with Crippen molar-refractivity contribution in [3.63, 3.8) is 0 Å². The average Bonchev–Trinajstić information content (AvgIpc) is 2.75. The number of rotatable bonds is 8. The van der Waals surface area contributed by atoms with Gasteiger partial charge in [-0.05, 0) is 57.1 Å². The summed E-state index contributed by atoms with van der Waals surface area (Å²) in [5.41, 5.74) is 0.629. The molecular weight excluding hydrogens is 407 g/mol. The van der Waals surface area contributed by atoms with Crippen LogP contribution < -0.4 is 14.8 Å². The van der Waals surface area contributed by atoms with Gasteiger partial charge >= 0.3 is 0 Å². The van der Waals surface area contributed by atoms with Crippen molar-refractivity contribution in [1.29, 1.82) is 0 Å². The zero-order valence-corrected chi connectivity index (χ0v) is 18.1. The van der Waals surface area contributed by atoms with Gasteiger partial charge in [0, 0.05) is 23.0 Å². The predicted octanol–water partition coefficient (Wildman–Crippen LogP) is 4.28. The van der Waals surface area contributed by atoms with Crippen LogP contribution in [0.2, 0.25) is 5.02 Å². The Morgan fingerprint density at radius 2 is 1.93 bits per heavy atom. The van der Waals surface area contributed by atoms with Gasteiger partial charge in [-0.15, -0.1) is 0 Å². The highest BCUT2D eigenvalue weighted by atomic mass is 35.5. The second kappa shape index (κ2) is 10.6. The van der Waals surface area contributed by atoms with Gasteiger partial charge in [0.1, 0.15) is 12.4 Å².